The first-order chi connectivity index (χ1) is 8.63. The molecule has 1 N–H and O–H groups in total. The van der Waals surface area contributed by atoms with Crippen molar-refractivity contribution in [2.45, 2.75) is 13.0 Å². The Balaban J connectivity index is 2.44. The molecule has 1 unspecified atom stereocenters. The third-order valence-electron chi connectivity index (χ3n) is 2.58. The summed E-state index contributed by atoms with van der Waals surface area (Å²) in [6, 6.07) is 6.71. The van der Waals surface area contributed by atoms with Gasteiger partial charge in [0.1, 0.15) is 5.76 Å². The quantitative estimate of drug-likeness (QED) is 0.912. The molecule has 2 aromatic rings. The zero-order valence-electron chi connectivity index (χ0n) is 9.71. The van der Waals surface area contributed by atoms with Gasteiger partial charge in [0.05, 0.1) is 6.04 Å². The molecule has 0 aliphatic carbocycles. The van der Waals surface area contributed by atoms with Crippen molar-refractivity contribution in [3.05, 3.63) is 58.5 Å². The van der Waals surface area contributed by atoms with Gasteiger partial charge in [0, 0.05) is 5.56 Å². The standard InChI is InChI=1S/C13H12ClF2NO/c1-2-17-13(10-6-7-11(14)18-10)8-4-3-5-9(15)12(8)16/h3-7,13,17H,2H2,1H3. The van der Waals surface area contributed by atoms with Crippen LogP contribution in [0.3, 0.4) is 0 Å². The molecule has 1 atom stereocenters. The summed E-state index contributed by atoms with van der Waals surface area (Å²) in [4.78, 5) is 0. The van der Waals surface area contributed by atoms with E-state index in [1.54, 1.807) is 12.1 Å². The summed E-state index contributed by atoms with van der Waals surface area (Å²) in [6.45, 7) is 2.45. The first-order valence-electron chi connectivity index (χ1n) is 5.56. The maximum atomic E-state index is 13.8. The highest BCUT2D eigenvalue weighted by molar-refractivity contribution is 6.28. The lowest BCUT2D eigenvalue weighted by molar-refractivity contribution is 0.431. The molecule has 0 aliphatic heterocycles. The van der Waals surface area contributed by atoms with E-state index in [2.05, 4.69) is 5.32 Å². The van der Waals surface area contributed by atoms with Gasteiger partial charge in [-0.15, -0.1) is 0 Å². The van der Waals surface area contributed by atoms with Crippen molar-refractivity contribution in [1.29, 1.82) is 0 Å². The Morgan fingerprint density at radius 1 is 1.28 bits per heavy atom. The number of rotatable bonds is 4. The van der Waals surface area contributed by atoms with Crippen molar-refractivity contribution in [1.82, 2.24) is 5.32 Å². The van der Waals surface area contributed by atoms with E-state index >= 15 is 0 Å². The minimum Gasteiger partial charge on any atom is -0.448 e. The molecular weight excluding hydrogens is 260 g/mol. The highest BCUT2D eigenvalue weighted by Gasteiger charge is 2.21. The lowest BCUT2D eigenvalue weighted by Gasteiger charge is -2.16. The molecule has 0 saturated heterocycles. The predicted octanol–water partition coefficient (Wildman–Crippen LogP) is 3.91. The van der Waals surface area contributed by atoms with Gasteiger partial charge in [0.25, 0.3) is 0 Å². The fraction of sp³-hybridized carbons (Fsp3) is 0.231. The third kappa shape index (κ3) is 2.54. The fourth-order valence-corrected chi connectivity index (χ4v) is 1.95. The van der Waals surface area contributed by atoms with Crippen LogP contribution in [0.4, 0.5) is 8.78 Å². The van der Waals surface area contributed by atoms with Crippen LogP contribution in [0.25, 0.3) is 0 Å². The molecule has 1 heterocycles. The number of benzene rings is 1. The molecule has 0 bridgehead atoms. The Hall–Kier alpha value is -1.39. The molecule has 0 spiro atoms. The van der Waals surface area contributed by atoms with Gasteiger partial charge in [-0.25, -0.2) is 8.78 Å². The van der Waals surface area contributed by atoms with E-state index in [1.807, 2.05) is 6.92 Å². The van der Waals surface area contributed by atoms with Gasteiger partial charge >= 0.3 is 0 Å². The number of nitrogens with one attached hydrogen (secondary N) is 1. The molecule has 0 fully saturated rings. The van der Waals surface area contributed by atoms with Crippen LogP contribution < -0.4 is 5.32 Å². The van der Waals surface area contributed by atoms with E-state index in [0.717, 1.165) is 6.07 Å². The second kappa shape index (κ2) is 5.50. The second-order valence-electron chi connectivity index (χ2n) is 3.78. The van der Waals surface area contributed by atoms with Crippen LogP contribution in [0.15, 0.2) is 34.7 Å². The summed E-state index contributed by atoms with van der Waals surface area (Å²) in [5, 5.41) is 3.25. The second-order valence-corrected chi connectivity index (χ2v) is 4.15. The fourth-order valence-electron chi connectivity index (χ4n) is 1.79. The average Bonchev–Trinajstić information content (AvgIpc) is 2.77. The zero-order valence-corrected chi connectivity index (χ0v) is 10.5. The molecule has 18 heavy (non-hydrogen) atoms. The van der Waals surface area contributed by atoms with Gasteiger partial charge < -0.3 is 9.73 Å². The molecule has 0 amide bonds. The van der Waals surface area contributed by atoms with Crippen LogP contribution in [0, 0.1) is 11.6 Å². The van der Waals surface area contributed by atoms with Gasteiger partial charge in [-0.3, -0.25) is 0 Å². The van der Waals surface area contributed by atoms with Crippen molar-refractivity contribution < 1.29 is 13.2 Å². The Bertz CT molecular complexity index is 542. The molecule has 1 aromatic carbocycles. The Kier molecular flexibility index (Phi) is 3.99. The van der Waals surface area contributed by atoms with Crippen molar-refractivity contribution in [2.24, 2.45) is 0 Å². The van der Waals surface area contributed by atoms with Gasteiger partial charge in [-0.05, 0) is 36.3 Å². The number of hydrogen-bond acceptors (Lipinski definition) is 2. The van der Waals surface area contributed by atoms with Crippen molar-refractivity contribution in [2.75, 3.05) is 6.54 Å². The summed E-state index contributed by atoms with van der Waals surface area (Å²) < 4.78 is 32.3. The Labute approximate surface area is 109 Å². The molecule has 0 aliphatic rings. The Morgan fingerprint density at radius 3 is 2.67 bits per heavy atom. The zero-order chi connectivity index (χ0) is 13.1. The normalized spacial score (nSPS) is 12.7. The average molecular weight is 272 g/mol. The van der Waals surface area contributed by atoms with Crippen LogP contribution >= 0.6 is 11.6 Å². The van der Waals surface area contributed by atoms with Gasteiger partial charge in [0.15, 0.2) is 16.9 Å². The molecule has 2 rings (SSSR count). The maximum absolute atomic E-state index is 13.8. The van der Waals surface area contributed by atoms with E-state index in [-0.39, 0.29) is 10.8 Å². The summed E-state index contributed by atoms with van der Waals surface area (Å²) in [7, 11) is 0. The lowest BCUT2D eigenvalue weighted by Crippen LogP contribution is -2.22. The summed E-state index contributed by atoms with van der Waals surface area (Å²) >= 11 is 5.70. The van der Waals surface area contributed by atoms with Crippen LogP contribution in [0.5, 0.6) is 0 Å². The van der Waals surface area contributed by atoms with E-state index < -0.39 is 17.7 Å². The van der Waals surface area contributed by atoms with Crippen LogP contribution in [0.1, 0.15) is 24.3 Å². The maximum Gasteiger partial charge on any atom is 0.193 e. The first kappa shape index (κ1) is 13.1. The van der Waals surface area contributed by atoms with Crippen molar-refractivity contribution in [3.63, 3.8) is 0 Å². The molecule has 96 valence electrons. The van der Waals surface area contributed by atoms with E-state index in [9.17, 15) is 8.78 Å². The SMILES string of the molecule is CCNC(c1ccc(Cl)o1)c1cccc(F)c1F. The summed E-state index contributed by atoms with van der Waals surface area (Å²) in [6.07, 6.45) is 0. The minimum atomic E-state index is -0.881. The van der Waals surface area contributed by atoms with Crippen LogP contribution in [0.2, 0.25) is 5.22 Å². The van der Waals surface area contributed by atoms with E-state index in [1.165, 1.54) is 12.1 Å². The largest absolute Gasteiger partial charge is 0.448 e. The highest BCUT2D eigenvalue weighted by atomic mass is 35.5. The highest BCUT2D eigenvalue weighted by Crippen LogP contribution is 2.28. The molecule has 0 radical (unpaired) electrons. The third-order valence-corrected chi connectivity index (χ3v) is 2.78. The molecule has 1 aromatic heterocycles. The number of furan rings is 1. The van der Waals surface area contributed by atoms with Crippen LogP contribution in [-0.2, 0) is 0 Å². The van der Waals surface area contributed by atoms with Crippen molar-refractivity contribution >= 4 is 11.6 Å². The topological polar surface area (TPSA) is 25.2 Å². The number of halogens is 3. The molecule has 5 heteroatoms. The molecule has 0 saturated carbocycles. The lowest BCUT2D eigenvalue weighted by atomic mass is 10.0. The van der Waals surface area contributed by atoms with Crippen molar-refractivity contribution in [3.8, 4) is 0 Å². The van der Waals surface area contributed by atoms with E-state index in [4.69, 9.17) is 16.0 Å². The van der Waals surface area contributed by atoms with Gasteiger partial charge in [-0.1, -0.05) is 19.1 Å². The summed E-state index contributed by atoms with van der Waals surface area (Å²) in [5.74, 6) is -1.31. The first-order valence-corrected chi connectivity index (χ1v) is 5.93. The predicted molar refractivity (Wildman–Crippen MR) is 65.6 cm³/mol. The smallest absolute Gasteiger partial charge is 0.193 e. The van der Waals surface area contributed by atoms with Gasteiger partial charge in [-0.2, -0.15) is 0 Å². The number of hydrogen-bond donors (Lipinski definition) is 1. The summed E-state index contributed by atoms with van der Waals surface area (Å²) in [5.41, 5.74) is 0.197. The molecular formula is C13H12ClF2NO. The minimum absolute atomic E-state index is 0.197. The van der Waals surface area contributed by atoms with Crippen LogP contribution in [-0.4, -0.2) is 6.54 Å². The Morgan fingerprint density at radius 2 is 2.06 bits per heavy atom. The van der Waals surface area contributed by atoms with Gasteiger partial charge in [0.2, 0.25) is 0 Å². The van der Waals surface area contributed by atoms with E-state index in [0.29, 0.717) is 12.3 Å². The monoisotopic (exact) mass is 271 g/mol. The molecule has 2 nitrogen and oxygen atoms in total.